The molecule has 2 unspecified atom stereocenters. The summed E-state index contributed by atoms with van der Waals surface area (Å²) in [5.74, 6) is -0.736. The number of hydrogen-bond donors (Lipinski definition) is 0. The van der Waals surface area contributed by atoms with Gasteiger partial charge in [-0.3, -0.25) is 4.79 Å². The number of fused-ring (bicyclic) bond motifs is 1. The molecule has 1 aromatic carbocycles. The van der Waals surface area contributed by atoms with E-state index >= 15 is 0 Å². The van der Waals surface area contributed by atoms with E-state index in [1.807, 2.05) is 0 Å². The van der Waals surface area contributed by atoms with Gasteiger partial charge in [0.2, 0.25) is 5.91 Å². The number of carbonyl (C=O) groups is 1. The van der Waals surface area contributed by atoms with Crippen LogP contribution in [-0.2, 0) is 23.9 Å². The van der Waals surface area contributed by atoms with Crippen LogP contribution in [0.4, 0.5) is 17.6 Å². The lowest BCUT2D eigenvalue weighted by molar-refractivity contribution is -0.146. The Labute approximate surface area is 208 Å². The Morgan fingerprint density at radius 3 is 2.39 bits per heavy atom. The zero-order chi connectivity index (χ0) is 25.7. The summed E-state index contributed by atoms with van der Waals surface area (Å²) in [5, 5.41) is 8.55. The average molecular weight is 508 g/mol. The summed E-state index contributed by atoms with van der Waals surface area (Å²) in [4.78, 5) is 19.9. The maximum absolute atomic E-state index is 14.5. The fourth-order valence-corrected chi connectivity index (χ4v) is 6.52. The van der Waals surface area contributed by atoms with Gasteiger partial charge in [-0.2, -0.15) is 28.2 Å². The second-order valence-electron chi connectivity index (χ2n) is 10.9. The van der Waals surface area contributed by atoms with Crippen molar-refractivity contribution in [3.8, 4) is 0 Å². The minimum atomic E-state index is -4.62. The lowest BCUT2D eigenvalue weighted by atomic mass is 9.73. The standard InChI is InChI=1S/C26H33F4N5O/c1-17(2)25(7-3-21(15-25)33-10-4-20(5-11-33)35-31-8-9-32-35)24(36)34-12-6-22-18(16-34)13-19(14-23(22)27)26(28,29)30/h8-9,13-14,17,20-21H,3-7,10-12,15-16H2,1-2H3. The van der Waals surface area contributed by atoms with Crippen LogP contribution >= 0.6 is 0 Å². The smallest absolute Gasteiger partial charge is 0.338 e. The van der Waals surface area contributed by atoms with Crippen LogP contribution in [0.1, 0.15) is 68.7 Å². The van der Waals surface area contributed by atoms with E-state index in [4.69, 9.17) is 0 Å². The number of amides is 1. The van der Waals surface area contributed by atoms with Crippen molar-refractivity contribution in [2.24, 2.45) is 11.3 Å². The molecular formula is C26H33F4N5O. The first-order valence-electron chi connectivity index (χ1n) is 12.9. The highest BCUT2D eigenvalue weighted by atomic mass is 19.4. The van der Waals surface area contributed by atoms with Crippen LogP contribution in [0.5, 0.6) is 0 Å². The molecule has 5 rings (SSSR count). The highest BCUT2D eigenvalue weighted by Gasteiger charge is 2.51. The Hall–Kier alpha value is -2.49. The molecule has 0 spiro atoms. The number of likely N-dealkylation sites (tertiary alicyclic amines) is 1. The van der Waals surface area contributed by atoms with Crippen LogP contribution in [0, 0.1) is 17.2 Å². The number of aromatic nitrogens is 3. The van der Waals surface area contributed by atoms with Crippen LogP contribution in [0.15, 0.2) is 24.5 Å². The number of hydrogen-bond acceptors (Lipinski definition) is 4. The molecule has 0 radical (unpaired) electrons. The second kappa shape index (κ2) is 9.43. The minimum absolute atomic E-state index is 0.000836. The Kier molecular flexibility index (Phi) is 6.59. The van der Waals surface area contributed by atoms with Crippen molar-refractivity contribution in [3.63, 3.8) is 0 Å². The van der Waals surface area contributed by atoms with Crippen molar-refractivity contribution in [2.45, 2.75) is 77.2 Å². The lowest BCUT2D eigenvalue weighted by Crippen LogP contribution is -2.49. The quantitative estimate of drug-likeness (QED) is 0.555. The van der Waals surface area contributed by atoms with Crippen LogP contribution < -0.4 is 0 Å². The zero-order valence-corrected chi connectivity index (χ0v) is 20.8. The largest absolute Gasteiger partial charge is 0.416 e. The van der Waals surface area contributed by atoms with Crippen molar-refractivity contribution in [3.05, 3.63) is 47.0 Å². The monoisotopic (exact) mass is 507 g/mol. The van der Waals surface area contributed by atoms with Gasteiger partial charge in [0, 0.05) is 32.2 Å². The van der Waals surface area contributed by atoms with Gasteiger partial charge in [-0.1, -0.05) is 13.8 Å². The molecule has 6 nitrogen and oxygen atoms in total. The number of alkyl halides is 3. The van der Waals surface area contributed by atoms with Gasteiger partial charge in [-0.15, -0.1) is 0 Å². The summed E-state index contributed by atoms with van der Waals surface area (Å²) in [6.45, 7) is 6.34. The topological polar surface area (TPSA) is 54.3 Å². The fourth-order valence-electron chi connectivity index (χ4n) is 6.52. The molecule has 1 saturated heterocycles. The summed E-state index contributed by atoms with van der Waals surface area (Å²) >= 11 is 0. The third-order valence-corrected chi connectivity index (χ3v) is 8.73. The molecule has 3 heterocycles. The molecule has 3 aliphatic rings. The van der Waals surface area contributed by atoms with Crippen LogP contribution in [0.3, 0.4) is 0 Å². The molecule has 2 atom stereocenters. The van der Waals surface area contributed by atoms with Crippen molar-refractivity contribution < 1.29 is 22.4 Å². The maximum Gasteiger partial charge on any atom is 0.416 e. The van der Waals surface area contributed by atoms with E-state index in [1.165, 1.54) is 0 Å². The molecule has 2 aliphatic heterocycles. The summed E-state index contributed by atoms with van der Waals surface area (Å²) < 4.78 is 54.3. The van der Waals surface area contributed by atoms with Crippen molar-refractivity contribution >= 4 is 5.91 Å². The molecular weight excluding hydrogens is 474 g/mol. The Morgan fingerprint density at radius 2 is 1.75 bits per heavy atom. The summed E-state index contributed by atoms with van der Waals surface area (Å²) in [6, 6.07) is 2.17. The molecule has 196 valence electrons. The Balaban J connectivity index is 1.29. The fraction of sp³-hybridized carbons (Fsp3) is 0.654. The van der Waals surface area contributed by atoms with Gasteiger partial charge >= 0.3 is 6.18 Å². The van der Waals surface area contributed by atoms with Gasteiger partial charge in [0.05, 0.1) is 29.4 Å². The van der Waals surface area contributed by atoms with Gasteiger partial charge in [0.1, 0.15) is 5.82 Å². The first-order valence-corrected chi connectivity index (χ1v) is 12.9. The first-order chi connectivity index (χ1) is 17.1. The minimum Gasteiger partial charge on any atom is -0.338 e. The molecule has 0 N–H and O–H groups in total. The van der Waals surface area contributed by atoms with E-state index < -0.39 is 23.0 Å². The Morgan fingerprint density at radius 1 is 1.06 bits per heavy atom. The SMILES string of the molecule is CC(C)C1(C(=O)N2CCc3c(F)cc(C(F)(F)F)cc3C2)CCC(N2CCC(n3nccn3)CC2)C1. The number of halogens is 4. The maximum atomic E-state index is 14.5. The molecule has 10 heteroatoms. The molecule has 1 amide bonds. The average Bonchev–Trinajstić information content (AvgIpc) is 3.54. The first kappa shape index (κ1) is 25.2. The van der Waals surface area contributed by atoms with E-state index in [2.05, 4.69) is 28.9 Å². The molecule has 0 bridgehead atoms. The molecule has 1 saturated carbocycles. The third kappa shape index (κ3) is 4.53. The van der Waals surface area contributed by atoms with Crippen LogP contribution in [0.2, 0.25) is 0 Å². The van der Waals surface area contributed by atoms with Crippen molar-refractivity contribution in [1.82, 2.24) is 24.8 Å². The summed E-state index contributed by atoms with van der Waals surface area (Å²) in [5.41, 5.74) is -0.988. The Bertz CT molecular complexity index is 1090. The van der Waals surface area contributed by atoms with Crippen molar-refractivity contribution in [2.75, 3.05) is 19.6 Å². The lowest BCUT2D eigenvalue weighted by Gasteiger charge is -2.41. The van der Waals surface area contributed by atoms with Gasteiger partial charge < -0.3 is 9.80 Å². The highest BCUT2D eigenvalue weighted by Crippen LogP contribution is 2.48. The van der Waals surface area contributed by atoms with E-state index in [-0.39, 0.29) is 30.4 Å². The molecule has 36 heavy (non-hydrogen) atoms. The normalized spacial score (nSPS) is 26.0. The number of carbonyl (C=O) groups excluding carboxylic acids is 1. The predicted octanol–water partition coefficient (Wildman–Crippen LogP) is 4.85. The van der Waals surface area contributed by atoms with E-state index in [0.29, 0.717) is 30.3 Å². The number of rotatable bonds is 4. The number of piperidine rings is 1. The van der Waals surface area contributed by atoms with Gasteiger partial charge in [-0.05, 0) is 67.7 Å². The summed E-state index contributed by atoms with van der Waals surface area (Å²) in [7, 11) is 0. The van der Waals surface area contributed by atoms with E-state index in [1.54, 1.807) is 22.1 Å². The van der Waals surface area contributed by atoms with Gasteiger partial charge in [0.15, 0.2) is 0 Å². The number of benzene rings is 1. The molecule has 1 aliphatic carbocycles. The molecule has 1 aromatic heterocycles. The van der Waals surface area contributed by atoms with Crippen molar-refractivity contribution in [1.29, 1.82) is 0 Å². The zero-order valence-electron chi connectivity index (χ0n) is 20.8. The van der Waals surface area contributed by atoms with Gasteiger partial charge in [-0.25, -0.2) is 4.39 Å². The molecule has 2 aromatic rings. The molecule has 2 fully saturated rings. The van der Waals surface area contributed by atoms with Gasteiger partial charge in [0.25, 0.3) is 0 Å². The number of nitrogens with zero attached hydrogens (tertiary/aromatic N) is 5. The summed E-state index contributed by atoms with van der Waals surface area (Å²) in [6.07, 6.45) is 3.36. The predicted molar refractivity (Wildman–Crippen MR) is 125 cm³/mol. The highest BCUT2D eigenvalue weighted by molar-refractivity contribution is 5.84. The van der Waals surface area contributed by atoms with Crippen LogP contribution in [-0.4, -0.2) is 56.4 Å². The van der Waals surface area contributed by atoms with E-state index in [0.717, 1.165) is 51.3 Å². The third-order valence-electron chi connectivity index (χ3n) is 8.73. The van der Waals surface area contributed by atoms with E-state index in [9.17, 15) is 22.4 Å². The van der Waals surface area contributed by atoms with Crippen LogP contribution in [0.25, 0.3) is 0 Å². The second-order valence-corrected chi connectivity index (χ2v) is 10.9.